The van der Waals surface area contributed by atoms with Gasteiger partial charge in [0.25, 0.3) is 5.91 Å². The van der Waals surface area contributed by atoms with Crippen molar-refractivity contribution in [2.24, 2.45) is 0 Å². The first-order valence-electron chi connectivity index (χ1n) is 10.1. The number of halogens is 3. The van der Waals surface area contributed by atoms with Crippen molar-refractivity contribution in [3.05, 3.63) is 88.5 Å². The van der Waals surface area contributed by atoms with E-state index in [0.29, 0.717) is 23.7 Å². The van der Waals surface area contributed by atoms with Crippen LogP contribution in [-0.2, 0) is 12.8 Å². The first-order chi connectivity index (χ1) is 15.2. The molecule has 3 aromatic carbocycles. The number of anilines is 1. The Labute approximate surface area is 185 Å². The molecule has 168 valence electrons. The van der Waals surface area contributed by atoms with Crippen molar-refractivity contribution in [2.75, 3.05) is 11.9 Å². The van der Waals surface area contributed by atoms with Gasteiger partial charge in [-0.2, -0.15) is 13.2 Å². The van der Waals surface area contributed by atoms with Gasteiger partial charge < -0.3 is 14.8 Å². The number of alkyl halides is 3. The molecule has 1 N–H and O–H groups in total. The van der Waals surface area contributed by atoms with Crippen LogP contribution in [0.1, 0.15) is 39.5 Å². The molecule has 0 spiro atoms. The molecule has 0 saturated carbocycles. The molecule has 1 amide bonds. The van der Waals surface area contributed by atoms with E-state index in [1.165, 1.54) is 24.3 Å². The predicted molar refractivity (Wildman–Crippen MR) is 117 cm³/mol. The van der Waals surface area contributed by atoms with Crippen molar-refractivity contribution in [1.82, 2.24) is 0 Å². The van der Waals surface area contributed by atoms with E-state index < -0.39 is 17.6 Å². The van der Waals surface area contributed by atoms with E-state index in [2.05, 4.69) is 5.32 Å². The molecule has 32 heavy (non-hydrogen) atoms. The molecule has 0 aromatic heterocycles. The zero-order valence-corrected chi connectivity index (χ0v) is 18.0. The maximum absolute atomic E-state index is 13.2. The monoisotopic (exact) mass is 443 g/mol. The average Bonchev–Trinajstić information content (AvgIpc) is 2.72. The van der Waals surface area contributed by atoms with E-state index in [9.17, 15) is 18.0 Å². The highest BCUT2D eigenvalue weighted by Crippen LogP contribution is 2.35. The highest BCUT2D eigenvalue weighted by molar-refractivity contribution is 6.05. The molecule has 3 aromatic rings. The zero-order valence-electron chi connectivity index (χ0n) is 18.0. The van der Waals surface area contributed by atoms with Gasteiger partial charge in [-0.1, -0.05) is 18.2 Å². The minimum Gasteiger partial charge on any atom is -0.493 e. The van der Waals surface area contributed by atoms with Crippen LogP contribution < -0.4 is 14.8 Å². The number of carbonyl (C=O) groups excluding carboxylic acids is 1. The summed E-state index contributed by atoms with van der Waals surface area (Å²) in [6.07, 6.45) is -4.58. The van der Waals surface area contributed by atoms with E-state index in [0.717, 1.165) is 17.2 Å². The number of hydrogen-bond donors (Lipinski definition) is 1. The van der Waals surface area contributed by atoms with Gasteiger partial charge in [0.15, 0.2) is 0 Å². The molecule has 0 saturated heterocycles. The third kappa shape index (κ3) is 5.81. The summed E-state index contributed by atoms with van der Waals surface area (Å²) in [7, 11) is 0. The average molecular weight is 443 g/mol. The highest BCUT2D eigenvalue weighted by atomic mass is 19.4. The third-order valence-electron chi connectivity index (χ3n) is 4.69. The molecule has 0 unspecified atom stereocenters. The largest absolute Gasteiger partial charge is 0.493 e. The summed E-state index contributed by atoms with van der Waals surface area (Å²) < 4.78 is 51.2. The van der Waals surface area contributed by atoms with Crippen molar-refractivity contribution >= 4 is 11.6 Å². The molecule has 0 bridgehead atoms. The SMILES string of the molecule is CCOc1ccc(C(=O)Nc2ccccc2C(F)(F)F)cc1COc1cc(C)cc(C)c1. The van der Waals surface area contributed by atoms with E-state index >= 15 is 0 Å². The second kappa shape index (κ2) is 9.77. The molecule has 0 aliphatic rings. The molecular weight excluding hydrogens is 419 g/mol. The number of hydrogen-bond acceptors (Lipinski definition) is 3. The fourth-order valence-corrected chi connectivity index (χ4v) is 3.34. The second-order valence-corrected chi connectivity index (χ2v) is 7.37. The van der Waals surface area contributed by atoms with Gasteiger partial charge in [-0.05, 0) is 74.4 Å². The standard InChI is InChI=1S/C25H24F3NO3/c1-4-31-23-10-9-18(14-19(23)15-32-20-12-16(2)11-17(3)13-20)24(30)29-22-8-6-5-7-21(22)25(26,27)28/h5-14H,4,15H2,1-3H3,(H,29,30). The van der Waals surface area contributed by atoms with E-state index in [4.69, 9.17) is 9.47 Å². The number of benzene rings is 3. The molecule has 0 fully saturated rings. The lowest BCUT2D eigenvalue weighted by atomic mass is 10.1. The molecule has 0 radical (unpaired) electrons. The number of rotatable bonds is 7. The molecule has 0 atom stereocenters. The van der Waals surface area contributed by atoms with Gasteiger partial charge >= 0.3 is 6.18 Å². The van der Waals surface area contributed by atoms with Crippen molar-refractivity contribution < 1.29 is 27.4 Å². The van der Waals surface area contributed by atoms with E-state index in [1.807, 2.05) is 39.0 Å². The highest BCUT2D eigenvalue weighted by Gasteiger charge is 2.33. The van der Waals surface area contributed by atoms with Crippen LogP contribution in [0.15, 0.2) is 60.7 Å². The number of para-hydroxylation sites is 1. The van der Waals surface area contributed by atoms with Gasteiger partial charge in [-0.15, -0.1) is 0 Å². The molecule has 0 heterocycles. The lowest BCUT2D eigenvalue weighted by Gasteiger charge is -2.15. The summed E-state index contributed by atoms with van der Waals surface area (Å²) in [4.78, 5) is 12.7. The number of amides is 1. The summed E-state index contributed by atoms with van der Waals surface area (Å²) in [6, 6.07) is 15.4. The van der Waals surface area contributed by atoms with Crippen molar-refractivity contribution in [3.63, 3.8) is 0 Å². The number of ether oxygens (including phenoxy) is 2. The van der Waals surface area contributed by atoms with Gasteiger partial charge in [0.1, 0.15) is 18.1 Å². The zero-order chi connectivity index (χ0) is 23.3. The van der Waals surface area contributed by atoms with Gasteiger partial charge in [0.2, 0.25) is 0 Å². The number of carbonyl (C=O) groups is 1. The van der Waals surface area contributed by atoms with Gasteiger partial charge in [0.05, 0.1) is 17.9 Å². The maximum atomic E-state index is 13.2. The Balaban J connectivity index is 1.84. The molecular formula is C25H24F3NO3. The summed E-state index contributed by atoms with van der Waals surface area (Å²) in [5.41, 5.74) is 1.72. The quantitative estimate of drug-likeness (QED) is 0.450. The molecule has 0 aliphatic carbocycles. The Hall–Kier alpha value is -3.48. The van der Waals surface area contributed by atoms with Crippen LogP contribution in [0.4, 0.5) is 18.9 Å². The number of aryl methyl sites for hydroxylation is 2. The van der Waals surface area contributed by atoms with Crippen molar-refractivity contribution in [1.29, 1.82) is 0 Å². The van der Waals surface area contributed by atoms with Crippen molar-refractivity contribution in [2.45, 2.75) is 33.6 Å². The van der Waals surface area contributed by atoms with Gasteiger partial charge in [-0.25, -0.2) is 0 Å². The van der Waals surface area contributed by atoms with Crippen LogP contribution in [0.3, 0.4) is 0 Å². The summed E-state index contributed by atoms with van der Waals surface area (Å²) >= 11 is 0. The predicted octanol–water partition coefficient (Wildman–Crippen LogP) is 6.55. The summed E-state index contributed by atoms with van der Waals surface area (Å²) in [5, 5.41) is 2.36. The van der Waals surface area contributed by atoms with Crippen LogP contribution in [-0.4, -0.2) is 12.5 Å². The Morgan fingerprint density at radius 1 is 0.938 bits per heavy atom. The molecule has 4 nitrogen and oxygen atoms in total. The lowest BCUT2D eigenvalue weighted by molar-refractivity contribution is -0.136. The summed E-state index contributed by atoms with van der Waals surface area (Å²) in [5.74, 6) is 0.570. The van der Waals surface area contributed by atoms with Crippen LogP contribution in [0.2, 0.25) is 0 Å². The van der Waals surface area contributed by atoms with Crippen LogP contribution in [0.25, 0.3) is 0 Å². The van der Waals surface area contributed by atoms with E-state index in [-0.39, 0.29) is 17.9 Å². The van der Waals surface area contributed by atoms with Crippen molar-refractivity contribution in [3.8, 4) is 11.5 Å². The first-order valence-corrected chi connectivity index (χ1v) is 10.1. The first kappa shape index (κ1) is 23.2. The fraction of sp³-hybridized carbons (Fsp3) is 0.240. The smallest absolute Gasteiger partial charge is 0.418 e. The normalized spacial score (nSPS) is 11.2. The number of nitrogens with one attached hydrogen (secondary N) is 1. The Kier molecular flexibility index (Phi) is 7.08. The second-order valence-electron chi connectivity index (χ2n) is 7.37. The van der Waals surface area contributed by atoms with E-state index in [1.54, 1.807) is 12.1 Å². The Bertz CT molecular complexity index is 1090. The minimum absolute atomic E-state index is 0.137. The Morgan fingerprint density at radius 2 is 1.62 bits per heavy atom. The molecule has 3 rings (SSSR count). The van der Waals surface area contributed by atoms with Crippen LogP contribution >= 0.6 is 0 Å². The van der Waals surface area contributed by atoms with Gasteiger partial charge in [0, 0.05) is 11.1 Å². The Morgan fingerprint density at radius 3 is 2.28 bits per heavy atom. The maximum Gasteiger partial charge on any atom is 0.418 e. The summed E-state index contributed by atoms with van der Waals surface area (Å²) in [6.45, 7) is 6.33. The fourth-order valence-electron chi connectivity index (χ4n) is 3.34. The molecule has 0 aliphatic heterocycles. The van der Waals surface area contributed by atoms with Gasteiger partial charge in [-0.3, -0.25) is 4.79 Å². The topological polar surface area (TPSA) is 47.6 Å². The minimum atomic E-state index is -4.58. The lowest BCUT2D eigenvalue weighted by Crippen LogP contribution is -2.17. The van der Waals surface area contributed by atoms with Crippen LogP contribution in [0.5, 0.6) is 11.5 Å². The molecule has 7 heteroatoms. The third-order valence-corrected chi connectivity index (χ3v) is 4.69. The van der Waals surface area contributed by atoms with Crippen LogP contribution in [0, 0.1) is 13.8 Å².